The molecule has 0 radical (unpaired) electrons. The van der Waals surface area contributed by atoms with E-state index in [1.54, 1.807) is 14.2 Å². The fraction of sp³-hybridized carbons (Fsp3) is 0.632. The van der Waals surface area contributed by atoms with E-state index in [1.807, 2.05) is 0 Å². The summed E-state index contributed by atoms with van der Waals surface area (Å²) in [5, 5.41) is -0.0670. The number of fused-ring (bicyclic) bond motifs is 3. The van der Waals surface area contributed by atoms with Crippen molar-refractivity contribution in [2.24, 2.45) is 5.92 Å². The summed E-state index contributed by atoms with van der Waals surface area (Å²) in [6.45, 7) is 1.81. The van der Waals surface area contributed by atoms with Crippen molar-refractivity contribution in [3.8, 4) is 11.5 Å². The van der Waals surface area contributed by atoms with E-state index < -0.39 is 0 Å². The third kappa shape index (κ3) is 3.85. The Morgan fingerprint density at radius 1 is 0.906 bits per heavy atom. The van der Waals surface area contributed by atoms with Gasteiger partial charge in [-0.15, -0.1) is 10.2 Å². The minimum atomic E-state index is -0.149. The standard InChI is InChI=1S/C19H36B9NO3/c1-31-14-5-9-3-4-29-8-11(13(30)7-12(29)10(9)6-15(14)32-2)16(20,21)17(22,18(23,24)25)19(26,27)28/h5-6,11-12H,3-4,7-8,20-28H2,1-2H3. The first-order chi connectivity index (χ1) is 14.6. The number of hydrogen-bond acceptors (Lipinski definition) is 4. The molecule has 0 amide bonds. The number of ether oxygens (including phenoxy) is 2. The average molecular weight is 424 g/mol. The van der Waals surface area contributed by atoms with Gasteiger partial charge in [0, 0.05) is 31.5 Å². The van der Waals surface area contributed by atoms with Crippen molar-refractivity contribution < 1.29 is 14.3 Å². The predicted molar refractivity (Wildman–Crippen MR) is 158 cm³/mol. The van der Waals surface area contributed by atoms with Gasteiger partial charge >= 0.3 is 0 Å². The Labute approximate surface area is 203 Å². The Morgan fingerprint density at radius 3 is 1.94 bits per heavy atom. The Kier molecular flexibility index (Phi) is 6.70. The van der Waals surface area contributed by atoms with Gasteiger partial charge in [-0.2, -0.15) is 0 Å². The van der Waals surface area contributed by atoms with Crippen LogP contribution in [0.2, 0.25) is 20.8 Å². The van der Waals surface area contributed by atoms with Crippen molar-refractivity contribution in [1.29, 1.82) is 0 Å². The predicted octanol–water partition coefficient (Wildman–Crippen LogP) is -5.69. The minimum Gasteiger partial charge on any atom is -0.493 e. The van der Waals surface area contributed by atoms with Crippen molar-refractivity contribution in [3.63, 3.8) is 0 Å². The first-order valence-electron chi connectivity index (χ1n) is 12.1. The van der Waals surface area contributed by atoms with Crippen LogP contribution in [0.4, 0.5) is 0 Å². The minimum absolute atomic E-state index is 0.0175. The van der Waals surface area contributed by atoms with Crippen LogP contribution in [0.25, 0.3) is 0 Å². The van der Waals surface area contributed by atoms with E-state index in [2.05, 4.69) is 87.6 Å². The van der Waals surface area contributed by atoms with Crippen LogP contribution in [0, 0.1) is 5.92 Å². The third-order valence-corrected chi connectivity index (χ3v) is 9.47. The number of hydrogen-bond donors (Lipinski definition) is 0. The SMILES string of the molecule is BC(B)(B)C(B)(C(B)(B)B)C(B)(B)C1CN2CCc3cc(OC)c(OC)cc3C2CC1=O. The Hall–Kier alpha value is -0.966. The van der Waals surface area contributed by atoms with Crippen molar-refractivity contribution in [2.45, 2.75) is 39.6 Å². The van der Waals surface area contributed by atoms with Gasteiger partial charge < -0.3 is 9.47 Å². The molecule has 1 fully saturated rings. The largest absolute Gasteiger partial charge is 0.493 e. The molecule has 162 valence electrons. The highest BCUT2D eigenvalue weighted by Gasteiger charge is 2.58. The molecule has 2 unspecified atom stereocenters. The lowest BCUT2D eigenvalue weighted by Gasteiger charge is -2.65. The average Bonchev–Trinajstić information content (AvgIpc) is 2.69. The summed E-state index contributed by atoms with van der Waals surface area (Å²) in [4.78, 5) is 16.4. The first-order valence-corrected chi connectivity index (χ1v) is 12.1. The summed E-state index contributed by atoms with van der Waals surface area (Å²) in [5.74, 6) is 1.94. The molecule has 2 aliphatic rings. The van der Waals surface area contributed by atoms with E-state index in [1.165, 1.54) is 11.1 Å². The van der Waals surface area contributed by atoms with Gasteiger partial charge in [0.2, 0.25) is 0 Å². The molecule has 0 N–H and O–H groups in total. The van der Waals surface area contributed by atoms with Crippen molar-refractivity contribution in [3.05, 3.63) is 23.3 Å². The summed E-state index contributed by atoms with van der Waals surface area (Å²) in [5.41, 5.74) is 2.51. The van der Waals surface area contributed by atoms with Gasteiger partial charge in [0.1, 0.15) is 13.6 Å². The number of methoxy groups -OCH3 is 2. The molecule has 0 aliphatic carbocycles. The second-order valence-corrected chi connectivity index (χ2v) is 12.7. The van der Waals surface area contributed by atoms with E-state index in [0.29, 0.717) is 12.2 Å². The molecule has 1 aromatic carbocycles. The van der Waals surface area contributed by atoms with E-state index in [-0.39, 0.29) is 32.7 Å². The molecule has 2 aliphatic heterocycles. The molecule has 3 rings (SSSR count). The summed E-state index contributed by atoms with van der Waals surface area (Å²) in [6.07, 6.45) is 1.55. The van der Waals surface area contributed by atoms with E-state index in [4.69, 9.17) is 9.47 Å². The van der Waals surface area contributed by atoms with Crippen LogP contribution >= 0.6 is 0 Å². The van der Waals surface area contributed by atoms with Gasteiger partial charge in [0.25, 0.3) is 0 Å². The lowest BCUT2D eigenvalue weighted by atomic mass is 9.07. The van der Waals surface area contributed by atoms with Crippen LogP contribution in [-0.2, 0) is 11.2 Å². The third-order valence-electron chi connectivity index (χ3n) is 9.47. The van der Waals surface area contributed by atoms with E-state index in [9.17, 15) is 4.79 Å². The van der Waals surface area contributed by atoms with Gasteiger partial charge in [-0.25, -0.2) is 0 Å². The fourth-order valence-corrected chi connectivity index (χ4v) is 7.24. The zero-order chi connectivity index (χ0) is 24.3. The number of carbonyl (C=O) groups excluding carboxylic acids is 1. The molecule has 0 aromatic heterocycles. The maximum atomic E-state index is 13.8. The zero-order valence-corrected chi connectivity index (χ0v) is 22.3. The highest BCUT2D eigenvalue weighted by molar-refractivity contribution is 6.72. The van der Waals surface area contributed by atoms with Crippen molar-refractivity contribution >= 4 is 76.4 Å². The fourth-order valence-electron chi connectivity index (χ4n) is 7.24. The normalized spacial score (nSPS) is 22.6. The highest BCUT2D eigenvalue weighted by Crippen LogP contribution is 2.69. The smallest absolute Gasteiger partial charge is 0.161 e. The molecule has 1 saturated heterocycles. The monoisotopic (exact) mass is 425 g/mol. The molecule has 2 heterocycles. The summed E-state index contributed by atoms with van der Waals surface area (Å²) >= 11 is 0. The van der Waals surface area contributed by atoms with Gasteiger partial charge in [-0.3, -0.25) is 9.69 Å². The number of piperidine rings is 1. The highest BCUT2D eigenvalue weighted by atomic mass is 16.5. The van der Waals surface area contributed by atoms with Gasteiger partial charge in [-0.05, 0) is 29.7 Å². The van der Waals surface area contributed by atoms with Crippen LogP contribution in [0.1, 0.15) is 23.6 Å². The molecule has 0 bridgehead atoms. The number of ketones is 1. The molecular formula is C19H36B9NO3. The van der Waals surface area contributed by atoms with Crippen molar-refractivity contribution in [1.82, 2.24) is 4.90 Å². The zero-order valence-electron chi connectivity index (χ0n) is 22.3. The van der Waals surface area contributed by atoms with E-state index in [0.717, 1.165) is 31.0 Å². The molecule has 0 saturated carbocycles. The maximum absolute atomic E-state index is 13.8. The Morgan fingerprint density at radius 2 is 1.44 bits per heavy atom. The van der Waals surface area contributed by atoms with Crippen LogP contribution in [0.5, 0.6) is 11.5 Å². The molecule has 2 atom stereocenters. The first kappa shape index (κ1) is 25.7. The number of nitrogens with zero attached hydrogens (tertiary/aromatic N) is 1. The van der Waals surface area contributed by atoms with Crippen LogP contribution in [0.15, 0.2) is 12.1 Å². The van der Waals surface area contributed by atoms with Gasteiger partial charge in [0.05, 0.1) is 77.0 Å². The Bertz CT molecular complexity index is 883. The lowest BCUT2D eigenvalue weighted by molar-refractivity contribution is -0.130. The maximum Gasteiger partial charge on any atom is 0.161 e. The number of carbonyl (C=O) groups is 1. The van der Waals surface area contributed by atoms with Crippen molar-refractivity contribution in [2.75, 3.05) is 27.3 Å². The topological polar surface area (TPSA) is 38.8 Å². The van der Waals surface area contributed by atoms with Gasteiger partial charge in [-0.1, -0.05) is 10.5 Å². The molecule has 1 aromatic rings. The summed E-state index contributed by atoms with van der Waals surface area (Å²) in [7, 11) is 24.5. The Balaban J connectivity index is 1.99. The van der Waals surface area contributed by atoms with Crippen LogP contribution < -0.4 is 9.47 Å². The summed E-state index contributed by atoms with van der Waals surface area (Å²) in [6, 6.07) is 4.33. The molecule has 32 heavy (non-hydrogen) atoms. The second kappa shape index (κ2) is 8.36. The van der Waals surface area contributed by atoms with E-state index >= 15 is 0 Å². The van der Waals surface area contributed by atoms with Crippen LogP contribution in [0.3, 0.4) is 0 Å². The van der Waals surface area contributed by atoms with Gasteiger partial charge in [0.15, 0.2) is 11.5 Å². The second-order valence-electron chi connectivity index (χ2n) is 12.7. The molecular weight excluding hydrogens is 388 g/mol. The summed E-state index contributed by atoms with van der Waals surface area (Å²) < 4.78 is 11.1. The molecule has 4 nitrogen and oxygen atoms in total. The molecule has 0 spiro atoms. The van der Waals surface area contributed by atoms with Crippen LogP contribution in [-0.4, -0.2) is 109 Å². The number of benzene rings is 1. The lowest BCUT2D eigenvalue weighted by Crippen LogP contribution is -2.59. The number of Topliss-reactive ketones (excluding diaryl/α,β-unsaturated/α-hetero) is 1. The number of rotatable bonds is 6. The molecule has 13 heteroatoms. The quantitative estimate of drug-likeness (QED) is 0.428.